The Bertz CT molecular complexity index is 1390. The maximum atomic E-state index is 6.25. The van der Waals surface area contributed by atoms with Gasteiger partial charge >= 0.3 is 23.5 Å². The fourth-order valence-electron chi connectivity index (χ4n) is 6.79. The highest BCUT2D eigenvalue weighted by Crippen LogP contribution is 2.44. The average Bonchev–Trinajstić information content (AvgIpc) is 3.64. The van der Waals surface area contributed by atoms with E-state index in [-0.39, 0.29) is 24.2 Å². The standard InChI is InChI=1S/C28H26N4O4/c1-15-3-17-7-18(4-15)22-10-34-26-28-32(14-30(22)26)24(12-36-28)20-6-16(2)5-19(8-20)23-11-35-27-25-29(13-31(23)27)21(17)9-33-25/h3-8,13-14,21-24H,9-12H2,1-2H3/q+2. The van der Waals surface area contributed by atoms with Gasteiger partial charge in [0, 0.05) is 22.3 Å². The Morgan fingerprint density at radius 1 is 0.583 bits per heavy atom. The summed E-state index contributed by atoms with van der Waals surface area (Å²) in [5.74, 6) is 3.31. The van der Waals surface area contributed by atoms with E-state index in [2.05, 4.69) is 81.2 Å². The SMILES string of the molecule is Cc1cc2cc(c1)C1COc3c4[n+](cn31)C(CO4)c1cc(C)cc(c1)C1COc3c4n(c[n+]31)C2CO4. The molecule has 0 saturated heterocycles. The monoisotopic (exact) mass is 482 g/mol. The van der Waals surface area contributed by atoms with Crippen LogP contribution in [0.25, 0.3) is 0 Å². The van der Waals surface area contributed by atoms with Gasteiger partial charge in [-0.1, -0.05) is 35.4 Å². The van der Waals surface area contributed by atoms with Gasteiger partial charge in [0.15, 0.2) is 24.2 Å². The Morgan fingerprint density at radius 2 is 1.03 bits per heavy atom. The van der Waals surface area contributed by atoms with Gasteiger partial charge in [-0.2, -0.15) is 18.3 Å². The maximum Gasteiger partial charge on any atom is 0.373 e. The summed E-state index contributed by atoms with van der Waals surface area (Å²) in [5, 5.41) is 0. The molecular formula is C28H26N4O4+2. The zero-order valence-electron chi connectivity index (χ0n) is 20.2. The molecule has 2 aromatic heterocycles. The third-order valence-electron chi connectivity index (χ3n) is 8.44. The molecule has 180 valence electrons. The Balaban J connectivity index is 1.32. The number of rotatable bonds is 0. The lowest BCUT2D eigenvalue weighted by Gasteiger charge is -2.15. The van der Waals surface area contributed by atoms with Crippen LogP contribution in [-0.2, 0) is 0 Å². The van der Waals surface area contributed by atoms with Crippen LogP contribution in [0.3, 0.4) is 0 Å². The van der Waals surface area contributed by atoms with Crippen LogP contribution in [0, 0.1) is 13.8 Å². The van der Waals surface area contributed by atoms with Gasteiger partial charge in [0.05, 0.1) is 0 Å². The topological polar surface area (TPSA) is 54.5 Å². The number of benzene rings is 2. The van der Waals surface area contributed by atoms with Crippen molar-refractivity contribution in [1.29, 1.82) is 0 Å². The number of ether oxygens (including phenoxy) is 4. The second-order valence-corrected chi connectivity index (χ2v) is 10.7. The molecule has 5 aliphatic rings. The van der Waals surface area contributed by atoms with Crippen molar-refractivity contribution < 1.29 is 28.1 Å². The molecule has 4 unspecified atom stereocenters. The molecule has 0 radical (unpaired) electrons. The van der Waals surface area contributed by atoms with Crippen molar-refractivity contribution in [1.82, 2.24) is 9.13 Å². The summed E-state index contributed by atoms with van der Waals surface area (Å²) in [5.41, 5.74) is 7.45. The largest absolute Gasteiger partial charge is 0.452 e. The first-order valence-electron chi connectivity index (χ1n) is 12.7. The average molecular weight is 483 g/mol. The molecule has 0 amide bonds. The second kappa shape index (κ2) is 6.43. The highest BCUT2D eigenvalue weighted by atomic mass is 16.6. The molecule has 8 nitrogen and oxygen atoms in total. The molecule has 8 bridgehead atoms. The molecule has 36 heavy (non-hydrogen) atoms. The highest BCUT2D eigenvalue weighted by Gasteiger charge is 2.47. The molecule has 8 heteroatoms. The molecule has 0 spiro atoms. The first-order chi connectivity index (χ1) is 17.6. The van der Waals surface area contributed by atoms with E-state index >= 15 is 0 Å². The van der Waals surface area contributed by atoms with Crippen LogP contribution in [0.15, 0.2) is 49.1 Å². The number of nitrogens with zero attached hydrogens (tertiary/aromatic N) is 4. The number of aryl methyl sites for hydroxylation is 2. The lowest BCUT2D eigenvalue weighted by molar-refractivity contribution is -0.697. The molecular weight excluding hydrogens is 456 g/mol. The zero-order chi connectivity index (χ0) is 23.7. The molecule has 0 aliphatic carbocycles. The Morgan fingerprint density at radius 3 is 1.53 bits per heavy atom. The highest BCUT2D eigenvalue weighted by molar-refractivity contribution is 5.41. The van der Waals surface area contributed by atoms with Gasteiger partial charge < -0.3 is 18.9 Å². The number of imidazole rings is 2. The summed E-state index contributed by atoms with van der Waals surface area (Å²) in [6.07, 6.45) is 4.38. The van der Waals surface area contributed by atoms with E-state index in [1.54, 1.807) is 0 Å². The van der Waals surface area contributed by atoms with Crippen molar-refractivity contribution in [2.24, 2.45) is 0 Å². The summed E-state index contributed by atoms with van der Waals surface area (Å²) >= 11 is 0. The van der Waals surface area contributed by atoms with Crippen LogP contribution in [0.4, 0.5) is 0 Å². The first kappa shape index (κ1) is 19.3. The van der Waals surface area contributed by atoms with Crippen molar-refractivity contribution in [3.05, 3.63) is 82.4 Å². The molecule has 4 atom stereocenters. The van der Waals surface area contributed by atoms with Gasteiger partial charge in [-0.3, -0.25) is 0 Å². The van der Waals surface area contributed by atoms with E-state index in [9.17, 15) is 0 Å². The van der Waals surface area contributed by atoms with Gasteiger partial charge in [-0.05, 0) is 26.0 Å². The van der Waals surface area contributed by atoms with Gasteiger partial charge in [-0.15, -0.1) is 0 Å². The normalized spacial score (nSPS) is 25.4. The van der Waals surface area contributed by atoms with Crippen LogP contribution < -0.4 is 28.1 Å². The molecule has 9 rings (SSSR count). The van der Waals surface area contributed by atoms with Crippen LogP contribution >= 0.6 is 0 Å². The Kier molecular flexibility index (Phi) is 3.44. The molecule has 0 saturated carbocycles. The summed E-state index contributed by atoms with van der Waals surface area (Å²) < 4.78 is 34.0. The van der Waals surface area contributed by atoms with Crippen molar-refractivity contribution in [2.75, 3.05) is 26.4 Å². The smallest absolute Gasteiger partial charge is 0.373 e. The maximum absolute atomic E-state index is 6.25. The third kappa shape index (κ3) is 2.34. The number of aromatic nitrogens is 4. The zero-order valence-corrected chi connectivity index (χ0v) is 20.2. The summed E-state index contributed by atoms with van der Waals surface area (Å²) in [6, 6.07) is 14.1. The summed E-state index contributed by atoms with van der Waals surface area (Å²) in [4.78, 5) is 0. The lowest BCUT2D eigenvalue weighted by Crippen LogP contribution is -2.38. The minimum absolute atomic E-state index is 0.0977. The number of hydrogen-bond acceptors (Lipinski definition) is 4. The number of fused-ring (bicyclic) bond motifs is 10. The minimum atomic E-state index is 0.0977. The van der Waals surface area contributed by atoms with E-state index < -0.39 is 0 Å². The van der Waals surface area contributed by atoms with Crippen molar-refractivity contribution in [2.45, 2.75) is 38.0 Å². The van der Waals surface area contributed by atoms with Crippen LogP contribution in [0.2, 0.25) is 0 Å². The van der Waals surface area contributed by atoms with Crippen LogP contribution in [-0.4, -0.2) is 35.6 Å². The molecule has 2 aromatic carbocycles. The molecule has 5 aliphatic heterocycles. The van der Waals surface area contributed by atoms with E-state index in [0.717, 1.165) is 23.5 Å². The van der Waals surface area contributed by atoms with Gasteiger partial charge in [0.1, 0.15) is 26.4 Å². The van der Waals surface area contributed by atoms with Gasteiger partial charge in [0.2, 0.25) is 0 Å². The molecule has 0 N–H and O–H groups in total. The summed E-state index contributed by atoms with van der Waals surface area (Å²) in [7, 11) is 0. The quantitative estimate of drug-likeness (QED) is 0.362. The van der Waals surface area contributed by atoms with E-state index in [4.69, 9.17) is 18.9 Å². The van der Waals surface area contributed by atoms with Crippen molar-refractivity contribution in [3.8, 4) is 23.5 Å². The van der Waals surface area contributed by atoms with Crippen LogP contribution in [0.1, 0.15) is 57.5 Å². The van der Waals surface area contributed by atoms with E-state index in [0.29, 0.717) is 26.4 Å². The number of hydrogen-bond donors (Lipinski definition) is 0. The predicted octanol–water partition coefficient (Wildman–Crippen LogP) is 2.72. The fraction of sp³-hybridized carbons (Fsp3) is 0.357. The molecule has 4 aromatic rings. The van der Waals surface area contributed by atoms with Crippen LogP contribution in [0.5, 0.6) is 23.5 Å². The Labute approximate surface area is 207 Å². The predicted molar refractivity (Wildman–Crippen MR) is 126 cm³/mol. The minimum Gasteiger partial charge on any atom is -0.452 e. The van der Waals surface area contributed by atoms with Crippen molar-refractivity contribution >= 4 is 0 Å². The van der Waals surface area contributed by atoms with E-state index in [1.807, 2.05) is 0 Å². The van der Waals surface area contributed by atoms with Gasteiger partial charge in [-0.25, -0.2) is 0 Å². The van der Waals surface area contributed by atoms with Gasteiger partial charge in [0.25, 0.3) is 12.7 Å². The molecule has 7 heterocycles. The molecule has 0 fully saturated rings. The van der Waals surface area contributed by atoms with E-state index in [1.165, 1.54) is 33.4 Å². The first-order valence-corrected chi connectivity index (χ1v) is 12.7. The summed E-state index contributed by atoms with van der Waals surface area (Å²) in [6.45, 7) is 6.74. The van der Waals surface area contributed by atoms with Crippen molar-refractivity contribution in [3.63, 3.8) is 0 Å². The second-order valence-electron chi connectivity index (χ2n) is 10.7. The Hall–Kier alpha value is -3.94. The third-order valence-corrected chi connectivity index (χ3v) is 8.44. The lowest BCUT2D eigenvalue weighted by atomic mass is 9.97. The fourth-order valence-corrected chi connectivity index (χ4v) is 6.79.